The second kappa shape index (κ2) is 6.92. The smallest absolute Gasteiger partial charge is 0.329 e. The number of imide groups is 1. The van der Waals surface area contributed by atoms with E-state index in [4.69, 9.17) is 4.42 Å². The van der Waals surface area contributed by atoms with Crippen LogP contribution in [0.25, 0.3) is 17.4 Å². The van der Waals surface area contributed by atoms with E-state index in [9.17, 15) is 14.0 Å². The third-order valence-corrected chi connectivity index (χ3v) is 4.22. The van der Waals surface area contributed by atoms with E-state index >= 15 is 0 Å². The van der Waals surface area contributed by atoms with Crippen LogP contribution in [0.5, 0.6) is 0 Å². The molecule has 3 aromatic rings. The molecule has 0 spiro atoms. The first kappa shape index (κ1) is 16.8. The van der Waals surface area contributed by atoms with Gasteiger partial charge in [-0.1, -0.05) is 48.5 Å². The van der Waals surface area contributed by atoms with Gasteiger partial charge in [-0.2, -0.15) is 0 Å². The average Bonchev–Trinajstić information content (AvgIpc) is 3.25. The number of halogens is 1. The van der Waals surface area contributed by atoms with Crippen molar-refractivity contribution in [2.75, 3.05) is 0 Å². The number of urea groups is 1. The molecule has 5 nitrogen and oxygen atoms in total. The Morgan fingerprint density at radius 3 is 2.48 bits per heavy atom. The van der Waals surface area contributed by atoms with Crippen LogP contribution < -0.4 is 5.32 Å². The minimum atomic E-state index is -0.593. The molecular formula is C21H15FN2O3. The first-order valence-electron chi connectivity index (χ1n) is 8.35. The maximum Gasteiger partial charge on any atom is 0.329 e. The number of hydrogen-bond donors (Lipinski definition) is 1. The SMILES string of the molecule is O=C1N/C(=C/c2ccc(-c3ccccc3)o2)C(=O)N1Cc1ccccc1F. The zero-order valence-corrected chi connectivity index (χ0v) is 14.2. The third-order valence-electron chi connectivity index (χ3n) is 4.22. The Morgan fingerprint density at radius 2 is 1.70 bits per heavy atom. The van der Waals surface area contributed by atoms with Gasteiger partial charge in [0.1, 0.15) is 23.0 Å². The van der Waals surface area contributed by atoms with Gasteiger partial charge in [0.15, 0.2) is 0 Å². The summed E-state index contributed by atoms with van der Waals surface area (Å²) in [6.45, 7) is -0.137. The van der Waals surface area contributed by atoms with Crippen LogP contribution >= 0.6 is 0 Å². The van der Waals surface area contributed by atoms with Gasteiger partial charge in [0.05, 0.1) is 6.54 Å². The lowest BCUT2D eigenvalue weighted by Gasteiger charge is -2.12. The molecule has 27 heavy (non-hydrogen) atoms. The van der Waals surface area contributed by atoms with Gasteiger partial charge >= 0.3 is 6.03 Å². The molecule has 6 heteroatoms. The van der Waals surface area contributed by atoms with Crippen molar-refractivity contribution >= 4 is 18.0 Å². The maximum absolute atomic E-state index is 13.8. The number of carbonyl (C=O) groups is 2. The Morgan fingerprint density at radius 1 is 0.963 bits per heavy atom. The van der Waals surface area contributed by atoms with Crippen molar-refractivity contribution < 1.29 is 18.4 Å². The van der Waals surface area contributed by atoms with Gasteiger partial charge in [0, 0.05) is 17.2 Å². The van der Waals surface area contributed by atoms with E-state index < -0.39 is 17.8 Å². The Balaban J connectivity index is 1.55. The summed E-state index contributed by atoms with van der Waals surface area (Å²) >= 11 is 0. The zero-order chi connectivity index (χ0) is 18.8. The zero-order valence-electron chi connectivity index (χ0n) is 14.2. The topological polar surface area (TPSA) is 62.6 Å². The highest BCUT2D eigenvalue weighted by Crippen LogP contribution is 2.24. The molecule has 2 heterocycles. The number of nitrogens with one attached hydrogen (secondary N) is 1. The van der Waals surface area contributed by atoms with Gasteiger partial charge in [-0.3, -0.25) is 9.69 Å². The minimum Gasteiger partial charge on any atom is -0.457 e. The number of hydrogen-bond acceptors (Lipinski definition) is 3. The lowest BCUT2D eigenvalue weighted by Crippen LogP contribution is -2.30. The van der Waals surface area contributed by atoms with Gasteiger partial charge in [-0.05, 0) is 18.2 Å². The first-order valence-corrected chi connectivity index (χ1v) is 8.35. The normalized spacial score (nSPS) is 15.4. The lowest BCUT2D eigenvalue weighted by molar-refractivity contribution is -0.123. The fourth-order valence-electron chi connectivity index (χ4n) is 2.84. The fourth-order valence-corrected chi connectivity index (χ4v) is 2.84. The van der Waals surface area contributed by atoms with Crippen LogP contribution in [0.2, 0.25) is 0 Å². The summed E-state index contributed by atoms with van der Waals surface area (Å²) in [6.07, 6.45) is 1.47. The quantitative estimate of drug-likeness (QED) is 0.559. The fraction of sp³-hybridized carbons (Fsp3) is 0.0476. The molecule has 1 N–H and O–H groups in total. The van der Waals surface area contributed by atoms with Gasteiger partial charge in [0.25, 0.3) is 5.91 Å². The van der Waals surface area contributed by atoms with E-state index in [-0.39, 0.29) is 17.8 Å². The largest absolute Gasteiger partial charge is 0.457 e. The average molecular weight is 362 g/mol. The number of carbonyl (C=O) groups excluding carboxylic acids is 2. The summed E-state index contributed by atoms with van der Waals surface area (Å²) < 4.78 is 19.5. The second-order valence-electron chi connectivity index (χ2n) is 6.04. The van der Waals surface area contributed by atoms with Crippen molar-refractivity contribution in [2.24, 2.45) is 0 Å². The summed E-state index contributed by atoms with van der Waals surface area (Å²) in [5.74, 6) is 0.0997. The standard InChI is InChI=1S/C21H15FN2O3/c22-17-9-5-4-8-15(17)13-24-20(25)18(23-21(24)26)12-16-10-11-19(27-16)14-6-2-1-3-7-14/h1-12H,13H2,(H,23,26)/b18-12+. The first-order chi connectivity index (χ1) is 13.1. The van der Waals surface area contributed by atoms with E-state index in [1.54, 1.807) is 24.3 Å². The second-order valence-corrected chi connectivity index (χ2v) is 6.04. The lowest BCUT2D eigenvalue weighted by atomic mass is 10.2. The van der Waals surface area contributed by atoms with Gasteiger partial charge in [-0.15, -0.1) is 0 Å². The minimum absolute atomic E-state index is 0.0882. The van der Waals surface area contributed by atoms with Crippen molar-refractivity contribution in [3.8, 4) is 11.3 Å². The molecule has 1 aliphatic heterocycles. The molecule has 134 valence electrons. The van der Waals surface area contributed by atoms with Crippen LogP contribution in [-0.4, -0.2) is 16.8 Å². The summed E-state index contributed by atoms with van der Waals surface area (Å²) in [7, 11) is 0. The molecular weight excluding hydrogens is 347 g/mol. The molecule has 1 saturated heterocycles. The number of rotatable bonds is 4. The highest BCUT2D eigenvalue weighted by atomic mass is 19.1. The summed E-state index contributed by atoms with van der Waals surface area (Å²) in [6, 6.07) is 18.5. The van der Waals surface area contributed by atoms with E-state index in [1.807, 2.05) is 30.3 Å². The molecule has 0 radical (unpaired) electrons. The number of furan rings is 1. The van der Waals surface area contributed by atoms with Crippen LogP contribution in [0.15, 0.2) is 76.8 Å². The molecule has 1 fully saturated rings. The van der Waals surface area contributed by atoms with E-state index in [0.717, 1.165) is 10.5 Å². The predicted octanol–water partition coefficient (Wildman–Crippen LogP) is 4.18. The van der Waals surface area contributed by atoms with Crippen LogP contribution in [0, 0.1) is 5.82 Å². The molecule has 0 bridgehead atoms. The highest BCUT2D eigenvalue weighted by Gasteiger charge is 2.34. The molecule has 0 aliphatic carbocycles. The summed E-state index contributed by atoms with van der Waals surface area (Å²) in [4.78, 5) is 25.6. The van der Waals surface area contributed by atoms with Crippen LogP contribution in [0.3, 0.4) is 0 Å². The van der Waals surface area contributed by atoms with E-state index in [1.165, 1.54) is 18.2 Å². The van der Waals surface area contributed by atoms with Crippen molar-refractivity contribution in [3.63, 3.8) is 0 Å². The van der Waals surface area contributed by atoms with Crippen molar-refractivity contribution in [2.45, 2.75) is 6.54 Å². The van der Waals surface area contributed by atoms with E-state index in [0.29, 0.717) is 11.5 Å². The predicted molar refractivity (Wildman–Crippen MR) is 97.6 cm³/mol. The summed E-state index contributed by atoms with van der Waals surface area (Å²) in [5.41, 5.74) is 1.27. The van der Waals surface area contributed by atoms with Gasteiger partial charge in [-0.25, -0.2) is 9.18 Å². The summed E-state index contributed by atoms with van der Waals surface area (Å²) in [5, 5.41) is 2.51. The van der Waals surface area contributed by atoms with Crippen molar-refractivity contribution in [1.29, 1.82) is 0 Å². The Kier molecular flexibility index (Phi) is 4.30. The number of nitrogens with zero attached hydrogens (tertiary/aromatic N) is 1. The van der Waals surface area contributed by atoms with Crippen LogP contribution in [-0.2, 0) is 11.3 Å². The van der Waals surface area contributed by atoms with Crippen LogP contribution in [0.1, 0.15) is 11.3 Å². The molecule has 0 saturated carbocycles. The van der Waals surface area contributed by atoms with Gasteiger partial charge in [0.2, 0.25) is 0 Å². The third kappa shape index (κ3) is 3.37. The molecule has 1 aromatic heterocycles. The number of benzene rings is 2. The highest BCUT2D eigenvalue weighted by molar-refractivity contribution is 6.13. The van der Waals surface area contributed by atoms with Crippen molar-refractivity contribution in [3.05, 3.63) is 89.6 Å². The van der Waals surface area contributed by atoms with Crippen molar-refractivity contribution in [1.82, 2.24) is 10.2 Å². The number of amides is 3. The molecule has 4 rings (SSSR count). The molecule has 2 aromatic carbocycles. The van der Waals surface area contributed by atoms with Gasteiger partial charge < -0.3 is 9.73 Å². The monoisotopic (exact) mass is 362 g/mol. The Bertz CT molecular complexity index is 1040. The molecule has 0 unspecified atom stereocenters. The van der Waals surface area contributed by atoms with Crippen LogP contribution in [0.4, 0.5) is 9.18 Å². The molecule has 3 amide bonds. The maximum atomic E-state index is 13.8. The molecule has 1 aliphatic rings. The van der Waals surface area contributed by atoms with E-state index in [2.05, 4.69) is 5.32 Å². The Hall–Kier alpha value is -3.67. The Labute approximate surface area is 154 Å². The molecule has 0 atom stereocenters.